The lowest BCUT2D eigenvalue weighted by Crippen LogP contribution is -2.15. The number of amides is 1. The van der Waals surface area contributed by atoms with Crippen molar-refractivity contribution in [2.24, 2.45) is 13.0 Å². The van der Waals surface area contributed by atoms with Gasteiger partial charge in [0.05, 0.1) is 0 Å². The Morgan fingerprint density at radius 1 is 1.48 bits per heavy atom. The van der Waals surface area contributed by atoms with Crippen molar-refractivity contribution < 1.29 is 4.79 Å². The molecule has 2 heterocycles. The molecule has 0 aliphatic carbocycles. The molecule has 23 heavy (non-hydrogen) atoms. The van der Waals surface area contributed by atoms with Gasteiger partial charge in [-0.25, -0.2) is 4.68 Å². The number of aryl methyl sites for hydroxylation is 1. The zero-order chi connectivity index (χ0) is 15.4. The third-order valence-corrected chi connectivity index (χ3v) is 3.97. The molecular weight excluding hydrogens is 316 g/mol. The molecule has 1 unspecified atom stereocenters. The van der Waals surface area contributed by atoms with E-state index in [2.05, 4.69) is 26.2 Å². The fraction of sp³-hybridized carbons (Fsp3) is 0.467. The van der Waals surface area contributed by atoms with Gasteiger partial charge in [-0.2, -0.15) is 0 Å². The number of anilines is 1. The van der Waals surface area contributed by atoms with Gasteiger partial charge in [-0.3, -0.25) is 4.79 Å². The topological polar surface area (TPSA) is 84.7 Å². The zero-order valence-electron chi connectivity index (χ0n) is 13.0. The van der Waals surface area contributed by atoms with Crippen molar-refractivity contribution in [2.75, 3.05) is 18.4 Å². The van der Waals surface area contributed by atoms with E-state index in [-0.39, 0.29) is 18.3 Å². The van der Waals surface area contributed by atoms with Crippen LogP contribution < -0.4 is 10.6 Å². The smallest absolute Gasteiger partial charge is 0.224 e. The summed E-state index contributed by atoms with van der Waals surface area (Å²) in [6.45, 7) is 2.10. The molecular formula is C15H21ClN6O. The molecule has 2 N–H and O–H groups in total. The van der Waals surface area contributed by atoms with Crippen molar-refractivity contribution in [1.82, 2.24) is 25.5 Å². The molecule has 8 heteroatoms. The van der Waals surface area contributed by atoms with Gasteiger partial charge in [-0.05, 0) is 54.4 Å². The van der Waals surface area contributed by atoms with Crippen LogP contribution in [0.4, 0.5) is 5.69 Å². The monoisotopic (exact) mass is 336 g/mol. The number of aromatic nitrogens is 4. The van der Waals surface area contributed by atoms with Crippen LogP contribution in [0.2, 0.25) is 0 Å². The Morgan fingerprint density at radius 3 is 3.04 bits per heavy atom. The molecule has 1 amide bonds. The number of nitrogens with one attached hydrogen (secondary N) is 2. The van der Waals surface area contributed by atoms with Gasteiger partial charge in [-0.15, -0.1) is 17.5 Å². The Balaban J connectivity index is 0.00000192. The van der Waals surface area contributed by atoms with Crippen molar-refractivity contribution in [3.8, 4) is 11.4 Å². The summed E-state index contributed by atoms with van der Waals surface area (Å²) in [4.78, 5) is 12.1. The van der Waals surface area contributed by atoms with Crippen LogP contribution in [0.1, 0.15) is 19.3 Å². The average molecular weight is 337 g/mol. The quantitative estimate of drug-likeness (QED) is 0.866. The van der Waals surface area contributed by atoms with Gasteiger partial charge in [0, 0.05) is 24.7 Å². The first-order valence-corrected chi connectivity index (χ1v) is 7.56. The van der Waals surface area contributed by atoms with E-state index in [1.165, 1.54) is 6.42 Å². The molecule has 0 radical (unpaired) electrons. The zero-order valence-corrected chi connectivity index (χ0v) is 13.8. The van der Waals surface area contributed by atoms with E-state index in [0.29, 0.717) is 18.2 Å². The summed E-state index contributed by atoms with van der Waals surface area (Å²) < 4.78 is 1.61. The van der Waals surface area contributed by atoms with Crippen molar-refractivity contribution >= 4 is 24.0 Å². The molecule has 0 saturated carbocycles. The predicted octanol–water partition coefficient (Wildman–Crippen LogP) is 1.63. The van der Waals surface area contributed by atoms with Crippen LogP contribution in [0.15, 0.2) is 24.3 Å². The van der Waals surface area contributed by atoms with Gasteiger partial charge in [0.25, 0.3) is 0 Å². The van der Waals surface area contributed by atoms with Gasteiger partial charge < -0.3 is 10.6 Å². The number of carbonyl (C=O) groups excluding carboxylic acids is 1. The molecule has 1 aromatic carbocycles. The number of carbonyl (C=O) groups is 1. The highest BCUT2D eigenvalue weighted by atomic mass is 35.5. The third-order valence-electron chi connectivity index (χ3n) is 3.97. The van der Waals surface area contributed by atoms with Gasteiger partial charge in [0.2, 0.25) is 5.91 Å². The molecule has 1 aliphatic rings. The predicted molar refractivity (Wildman–Crippen MR) is 90.3 cm³/mol. The SMILES string of the molecule is Cl.Cn1nnnc1-c1cccc(NC(=O)CCC2CCNC2)c1. The molecule has 0 bridgehead atoms. The Morgan fingerprint density at radius 2 is 2.35 bits per heavy atom. The van der Waals surface area contributed by atoms with Crippen molar-refractivity contribution in [1.29, 1.82) is 0 Å². The summed E-state index contributed by atoms with van der Waals surface area (Å²) >= 11 is 0. The van der Waals surface area contributed by atoms with Crippen LogP contribution in [-0.2, 0) is 11.8 Å². The summed E-state index contributed by atoms with van der Waals surface area (Å²) in [6.07, 6.45) is 2.66. The lowest BCUT2D eigenvalue weighted by atomic mass is 10.0. The van der Waals surface area contributed by atoms with Gasteiger partial charge >= 0.3 is 0 Å². The van der Waals surface area contributed by atoms with E-state index >= 15 is 0 Å². The van der Waals surface area contributed by atoms with Gasteiger partial charge in [0.15, 0.2) is 5.82 Å². The first kappa shape index (κ1) is 17.4. The van der Waals surface area contributed by atoms with Crippen molar-refractivity contribution in [3.63, 3.8) is 0 Å². The van der Waals surface area contributed by atoms with Crippen LogP contribution in [0.25, 0.3) is 11.4 Å². The number of hydrogen-bond donors (Lipinski definition) is 2. The fourth-order valence-corrected chi connectivity index (χ4v) is 2.73. The Hall–Kier alpha value is -1.99. The molecule has 1 atom stereocenters. The number of rotatable bonds is 5. The molecule has 1 saturated heterocycles. The molecule has 3 rings (SSSR count). The van der Waals surface area contributed by atoms with Crippen LogP contribution in [0.5, 0.6) is 0 Å². The Bertz CT molecular complexity index is 653. The van der Waals surface area contributed by atoms with Crippen molar-refractivity contribution in [2.45, 2.75) is 19.3 Å². The third kappa shape index (κ3) is 4.49. The molecule has 0 spiro atoms. The lowest BCUT2D eigenvalue weighted by Gasteiger charge is -2.09. The second-order valence-electron chi connectivity index (χ2n) is 5.65. The standard InChI is InChI=1S/C15H20N6O.ClH/c1-21-15(18-19-20-21)12-3-2-4-13(9-12)17-14(22)6-5-11-7-8-16-10-11;/h2-4,9,11,16H,5-8,10H2,1H3,(H,17,22);1H. The van der Waals surface area contributed by atoms with Crippen molar-refractivity contribution in [3.05, 3.63) is 24.3 Å². The first-order valence-electron chi connectivity index (χ1n) is 7.56. The molecule has 7 nitrogen and oxygen atoms in total. The van der Waals surface area contributed by atoms with Crippen LogP contribution in [-0.4, -0.2) is 39.2 Å². The van der Waals surface area contributed by atoms with E-state index in [9.17, 15) is 4.79 Å². The minimum atomic E-state index is 0. The molecule has 1 fully saturated rings. The summed E-state index contributed by atoms with van der Waals surface area (Å²) in [7, 11) is 1.79. The largest absolute Gasteiger partial charge is 0.326 e. The maximum absolute atomic E-state index is 12.1. The second kappa shape index (κ2) is 8.03. The highest BCUT2D eigenvalue weighted by Crippen LogP contribution is 2.20. The lowest BCUT2D eigenvalue weighted by molar-refractivity contribution is -0.116. The first-order chi connectivity index (χ1) is 10.7. The van der Waals surface area contributed by atoms with E-state index in [1.807, 2.05) is 24.3 Å². The second-order valence-corrected chi connectivity index (χ2v) is 5.65. The highest BCUT2D eigenvalue weighted by Gasteiger charge is 2.16. The van der Waals surface area contributed by atoms with Crippen LogP contribution >= 0.6 is 12.4 Å². The van der Waals surface area contributed by atoms with E-state index in [4.69, 9.17) is 0 Å². The number of nitrogens with zero attached hydrogens (tertiary/aromatic N) is 4. The summed E-state index contributed by atoms with van der Waals surface area (Å²) in [5.74, 6) is 1.36. The fourth-order valence-electron chi connectivity index (χ4n) is 2.73. The molecule has 1 aromatic heterocycles. The van der Waals surface area contributed by atoms with E-state index < -0.39 is 0 Å². The summed E-state index contributed by atoms with van der Waals surface area (Å²) in [5.41, 5.74) is 1.65. The maximum Gasteiger partial charge on any atom is 0.224 e. The molecule has 1 aliphatic heterocycles. The normalized spacial score (nSPS) is 16.8. The Kier molecular flexibility index (Phi) is 6.06. The van der Waals surface area contributed by atoms with Gasteiger partial charge in [-0.1, -0.05) is 12.1 Å². The summed E-state index contributed by atoms with van der Waals surface area (Å²) in [5, 5.41) is 17.7. The van der Waals surface area contributed by atoms with Crippen LogP contribution in [0.3, 0.4) is 0 Å². The van der Waals surface area contributed by atoms with Gasteiger partial charge in [0.1, 0.15) is 0 Å². The average Bonchev–Trinajstić information content (AvgIpc) is 3.16. The van der Waals surface area contributed by atoms with Crippen LogP contribution in [0, 0.1) is 5.92 Å². The number of tetrazole rings is 1. The Labute approximate surface area is 141 Å². The molecule has 2 aromatic rings. The molecule has 124 valence electrons. The minimum absolute atomic E-state index is 0. The highest BCUT2D eigenvalue weighted by molar-refractivity contribution is 5.91. The number of benzene rings is 1. The van der Waals surface area contributed by atoms with E-state index in [0.717, 1.165) is 30.8 Å². The number of hydrogen-bond acceptors (Lipinski definition) is 5. The number of halogens is 1. The van der Waals surface area contributed by atoms with E-state index in [1.54, 1.807) is 11.7 Å². The minimum Gasteiger partial charge on any atom is -0.326 e. The summed E-state index contributed by atoms with van der Waals surface area (Å²) in [6, 6.07) is 7.58. The maximum atomic E-state index is 12.1.